The number of nitrogens with zero attached hydrogens (tertiary/aromatic N) is 4. The Hall–Kier alpha value is -1.80. The van der Waals surface area contributed by atoms with E-state index < -0.39 is 10.0 Å². The molecule has 1 aliphatic heterocycles. The first kappa shape index (κ1) is 16.1. The lowest BCUT2D eigenvalue weighted by molar-refractivity contribution is 0.497. The molecular formula is C15H21N5O2S. The van der Waals surface area contributed by atoms with E-state index in [0.717, 1.165) is 36.5 Å². The Morgan fingerprint density at radius 1 is 1.26 bits per heavy atom. The largest absolute Gasteiger partial charge is 0.311 e. The summed E-state index contributed by atoms with van der Waals surface area (Å²) < 4.78 is 28.8. The molecule has 7 nitrogen and oxygen atoms in total. The normalized spacial score (nSPS) is 18.4. The zero-order chi connectivity index (χ0) is 16.3. The molecule has 1 aliphatic rings. The lowest BCUT2D eigenvalue weighted by Crippen LogP contribution is -2.36. The molecule has 0 radical (unpaired) electrons. The molecule has 3 heterocycles. The number of rotatable bonds is 5. The van der Waals surface area contributed by atoms with Crippen molar-refractivity contribution in [3.8, 4) is 11.4 Å². The summed E-state index contributed by atoms with van der Waals surface area (Å²) in [6.45, 7) is 2.58. The predicted octanol–water partition coefficient (Wildman–Crippen LogP) is 1.37. The third kappa shape index (κ3) is 3.76. The summed E-state index contributed by atoms with van der Waals surface area (Å²) in [5.41, 5.74) is 0.976. The molecule has 0 saturated carbocycles. The SMILES string of the molecule is CCCS(=O)(=O)NC1CCc2nnc(-c3ccncc3)n2CC1. The number of fused-ring (bicyclic) bond motifs is 1. The molecular weight excluding hydrogens is 314 g/mol. The lowest BCUT2D eigenvalue weighted by Gasteiger charge is -2.16. The minimum Gasteiger partial charge on any atom is -0.311 e. The van der Waals surface area contributed by atoms with Crippen LogP contribution in [0.2, 0.25) is 0 Å². The number of hydrogen-bond donors (Lipinski definition) is 1. The fourth-order valence-electron chi connectivity index (χ4n) is 2.90. The Balaban J connectivity index is 1.75. The third-order valence-corrected chi connectivity index (χ3v) is 5.64. The maximum Gasteiger partial charge on any atom is 0.211 e. The molecule has 3 rings (SSSR count). The van der Waals surface area contributed by atoms with Crippen molar-refractivity contribution in [2.75, 3.05) is 5.75 Å². The first-order valence-electron chi connectivity index (χ1n) is 7.91. The van der Waals surface area contributed by atoms with E-state index in [9.17, 15) is 8.42 Å². The van der Waals surface area contributed by atoms with Gasteiger partial charge in [0.05, 0.1) is 5.75 Å². The van der Waals surface area contributed by atoms with E-state index in [1.54, 1.807) is 12.4 Å². The average molecular weight is 335 g/mol. The molecule has 1 unspecified atom stereocenters. The molecule has 8 heteroatoms. The number of aromatic nitrogens is 4. The van der Waals surface area contributed by atoms with Crippen molar-refractivity contribution in [3.05, 3.63) is 30.4 Å². The Morgan fingerprint density at radius 2 is 2.04 bits per heavy atom. The predicted molar refractivity (Wildman–Crippen MR) is 87.2 cm³/mol. The van der Waals surface area contributed by atoms with Crippen LogP contribution in [0.25, 0.3) is 11.4 Å². The first-order chi connectivity index (χ1) is 11.1. The number of sulfonamides is 1. The second-order valence-electron chi connectivity index (χ2n) is 5.79. The summed E-state index contributed by atoms with van der Waals surface area (Å²) in [7, 11) is -3.18. The van der Waals surface area contributed by atoms with Crippen LogP contribution >= 0.6 is 0 Å². The minimum absolute atomic E-state index is 0.0430. The number of aryl methyl sites for hydroxylation is 1. The van der Waals surface area contributed by atoms with Gasteiger partial charge in [0.25, 0.3) is 0 Å². The molecule has 0 fully saturated rings. The van der Waals surface area contributed by atoms with Crippen LogP contribution in [0, 0.1) is 0 Å². The minimum atomic E-state index is -3.18. The van der Waals surface area contributed by atoms with Crippen molar-refractivity contribution in [1.29, 1.82) is 0 Å². The van der Waals surface area contributed by atoms with Gasteiger partial charge in [-0.15, -0.1) is 10.2 Å². The molecule has 2 aromatic rings. The molecule has 124 valence electrons. The molecule has 0 saturated heterocycles. The Morgan fingerprint density at radius 3 is 2.78 bits per heavy atom. The van der Waals surface area contributed by atoms with Gasteiger partial charge in [-0.25, -0.2) is 13.1 Å². The van der Waals surface area contributed by atoms with Gasteiger partial charge in [-0.1, -0.05) is 6.92 Å². The highest BCUT2D eigenvalue weighted by molar-refractivity contribution is 7.89. The van der Waals surface area contributed by atoms with Crippen molar-refractivity contribution in [3.63, 3.8) is 0 Å². The number of nitrogens with one attached hydrogen (secondary N) is 1. The van der Waals surface area contributed by atoms with Crippen LogP contribution in [0.1, 0.15) is 32.0 Å². The van der Waals surface area contributed by atoms with Crippen LogP contribution < -0.4 is 4.72 Å². The topological polar surface area (TPSA) is 89.8 Å². The van der Waals surface area contributed by atoms with Crippen LogP contribution in [-0.4, -0.2) is 40.0 Å². The zero-order valence-electron chi connectivity index (χ0n) is 13.1. The van der Waals surface area contributed by atoms with Gasteiger partial charge in [0.15, 0.2) is 5.82 Å². The van der Waals surface area contributed by atoms with Crippen LogP contribution in [0.5, 0.6) is 0 Å². The Kier molecular flexibility index (Phi) is 4.72. The monoisotopic (exact) mass is 335 g/mol. The first-order valence-corrected chi connectivity index (χ1v) is 9.57. The summed E-state index contributed by atoms with van der Waals surface area (Å²) in [6.07, 6.45) is 6.30. The van der Waals surface area contributed by atoms with Gasteiger partial charge in [0.1, 0.15) is 5.82 Å². The van der Waals surface area contributed by atoms with Gasteiger partial charge in [-0.2, -0.15) is 0 Å². The highest BCUT2D eigenvalue weighted by Crippen LogP contribution is 2.22. The summed E-state index contributed by atoms with van der Waals surface area (Å²) in [5.74, 6) is 1.91. The molecule has 0 aliphatic carbocycles. The van der Waals surface area contributed by atoms with Gasteiger partial charge in [0, 0.05) is 37.0 Å². The molecule has 1 N–H and O–H groups in total. The summed E-state index contributed by atoms with van der Waals surface area (Å²) >= 11 is 0. The summed E-state index contributed by atoms with van der Waals surface area (Å²) in [6, 6.07) is 3.77. The van der Waals surface area contributed by atoms with Crippen LogP contribution in [0.15, 0.2) is 24.5 Å². The van der Waals surface area contributed by atoms with Crippen molar-refractivity contribution in [2.45, 2.75) is 45.2 Å². The molecule has 2 aromatic heterocycles. The molecule has 23 heavy (non-hydrogen) atoms. The molecule has 0 spiro atoms. The second kappa shape index (κ2) is 6.76. The van der Waals surface area contributed by atoms with Crippen LogP contribution in [0.3, 0.4) is 0 Å². The van der Waals surface area contributed by atoms with Crippen LogP contribution in [-0.2, 0) is 23.0 Å². The summed E-state index contributed by atoms with van der Waals surface area (Å²) in [5, 5.41) is 8.56. The third-order valence-electron chi connectivity index (χ3n) is 4.00. The van der Waals surface area contributed by atoms with E-state index >= 15 is 0 Å². The quantitative estimate of drug-likeness (QED) is 0.891. The number of pyridine rings is 1. The number of hydrogen-bond acceptors (Lipinski definition) is 5. The molecule has 1 atom stereocenters. The standard InChI is InChI=1S/C15H21N5O2S/c1-2-11-23(21,22)19-13-3-4-14-17-18-15(20(14)10-7-13)12-5-8-16-9-6-12/h5-6,8-9,13,19H,2-4,7,10-11H2,1H3. The van der Waals surface area contributed by atoms with Crippen molar-refractivity contribution in [1.82, 2.24) is 24.5 Å². The fraction of sp³-hybridized carbons (Fsp3) is 0.533. The fourth-order valence-corrected chi connectivity index (χ4v) is 4.30. The Labute approximate surface area is 136 Å². The van der Waals surface area contributed by atoms with E-state index in [1.807, 2.05) is 19.1 Å². The van der Waals surface area contributed by atoms with E-state index in [-0.39, 0.29) is 11.8 Å². The summed E-state index contributed by atoms with van der Waals surface area (Å²) in [4.78, 5) is 4.02. The highest BCUT2D eigenvalue weighted by atomic mass is 32.2. The highest BCUT2D eigenvalue weighted by Gasteiger charge is 2.23. The van der Waals surface area contributed by atoms with Gasteiger partial charge in [0.2, 0.25) is 10.0 Å². The van der Waals surface area contributed by atoms with Crippen molar-refractivity contribution < 1.29 is 8.42 Å². The van der Waals surface area contributed by atoms with Gasteiger partial charge >= 0.3 is 0 Å². The van der Waals surface area contributed by atoms with E-state index in [1.165, 1.54) is 0 Å². The maximum absolute atomic E-state index is 12.0. The Bertz CT molecular complexity index is 757. The van der Waals surface area contributed by atoms with Gasteiger partial charge < -0.3 is 4.57 Å². The zero-order valence-corrected chi connectivity index (χ0v) is 14.0. The van der Waals surface area contributed by atoms with E-state index in [0.29, 0.717) is 13.0 Å². The average Bonchev–Trinajstić information content (AvgIpc) is 2.84. The van der Waals surface area contributed by atoms with Gasteiger partial charge in [-0.05, 0) is 31.4 Å². The van der Waals surface area contributed by atoms with Gasteiger partial charge in [-0.3, -0.25) is 4.98 Å². The van der Waals surface area contributed by atoms with E-state index in [2.05, 4.69) is 24.5 Å². The van der Waals surface area contributed by atoms with Crippen LogP contribution in [0.4, 0.5) is 0 Å². The van der Waals surface area contributed by atoms with Crippen molar-refractivity contribution in [2.24, 2.45) is 0 Å². The molecule has 0 bridgehead atoms. The molecule has 0 aromatic carbocycles. The smallest absolute Gasteiger partial charge is 0.211 e. The lowest BCUT2D eigenvalue weighted by atomic mass is 10.1. The van der Waals surface area contributed by atoms with E-state index in [4.69, 9.17) is 0 Å². The molecule has 0 amide bonds. The maximum atomic E-state index is 12.0. The van der Waals surface area contributed by atoms with Crippen molar-refractivity contribution >= 4 is 10.0 Å². The second-order valence-corrected chi connectivity index (χ2v) is 7.66.